The van der Waals surface area contributed by atoms with Crippen LogP contribution in [0.3, 0.4) is 0 Å². The summed E-state index contributed by atoms with van der Waals surface area (Å²) in [7, 11) is 0. The molecule has 1 aliphatic heterocycles. The quantitative estimate of drug-likeness (QED) is 0.737. The van der Waals surface area contributed by atoms with E-state index in [4.69, 9.17) is 0 Å². The summed E-state index contributed by atoms with van der Waals surface area (Å²) in [4.78, 5) is 8.93. The van der Waals surface area contributed by atoms with Gasteiger partial charge in [0.15, 0.2) is 5.13 Å². The topological polar surface area (TPSA) is 24.3 Å². The third-order valence-corrected chi connectivity index (χ3v) is 4.60. The molecule has 1 aromatic carbocycles. The van der Waals surface area contributed by atoms with E-state index in [2.05, 4.69) is 69.1 Å². The lowest BCUT2D eigenvalue weighted by Crippen LogP contribution is -2.24. The van der Waals surface area contributed by atoms with Gasteiger partial charge < -0.3 is 9.80 Å². The van der Waals surface area contributed by atoms with Crippen molar-refractivity contribution in [2.24, 2.45) is 0 Å². The van der Waals surface area contributed by atoms with Crippen molar-refractivity contribution < 1.29 is 0 Å². The normalized spacial score (nSPS) is 14.5. The Balaban J connectivity index is 1.71. The maximum Gasteiger partial charge on any atom is 0.193 e. The molecule has 0 saturated heterocycles. The molecule has 0 aliphatic carbocycles. The Bertz CT molecular complexity index is 788. The standard InChI is InChI=1S/C16H16N4S/c1-2-18-8-9-19(12-18)14-3-4-15-13(11-14)5-7-20(15)16-17-6-10-21-16/h3-11H,2,12H2,1H3. The van der Waals surface area contributed by atoms with E-state index in [1.165, 1.54) is 16.6 Å². The van der Waals surface area contributed by atoms with Gasteiger partial charge in [-0.1, -0.05) is 0 Å². The highest BCUT2D eigenvalue weighted by Gasteiger charge is 2.13. The summed E-state index contributed by atoms with van der Waals surface area (Å²) in [6.45, 7) is 4.13. The first-order chi connectivity index (χ1) is 10.3. The van der Waals surface area contributed by atoms with E-state index in [9.17, 15) is 0 Å². The van der Waals surface area contributed by atoms with Crippen LogP contribution in [0.2, 0.25) is 0 Å². The van der Waals surface area contributed by atoms with Crippen LogP contribution in [-0.2, 0) is 0 Å². The highest BCUT2D eigenvalue weighted by Crippen LogP contribution is 2.27. The number of fused-ring (bicyclic) bond motifs is 1. The fourth-order valence-corrected chi connectivity index (χ4v) is 3.29. The van der Waals surface area contributed by atoms with Gasteiger partial charge >= 0.3 is 0 Å². The SMILES string of the molecule is CCN1C=CN(c2ccc3c(ccn3-c3nccs3)c2)C1. The minimum Gasteiger partial charge on any atom is -0.359 e. The molecule has 0 saturated carbocycles. The number of hydrogen-bond donors (Lipinski definition) is 0. The molecule has 106 valence electrons. The first-order valence-corrected chi connectivity index (χ1v) is 7.93. The van der Waals surface area contributed by atoms with Crippen LogP contribution in [0.25, 0.3) is 16.0 Å². The summed E-state index contributed by atoms with van der Waals surface area (Å²) in [5, 5.41) is 4.26. The maximum atomic E-state index is 4.38. The van der Waals surface area contributed by atoms with Crippen LogP contribution in [0.15, 0.2) is 54.4 Å². The molecule has 1 aliphatic rings. The summed E-state index contributed by atoms with van der Waals surface area (Å²) >= 11 is 1.65. The molecule has 4 nitrogen and oxygen atoms in total. The molecule has 0 unspecified atom stereocenters. The van der Waals surface area contributed by atoms with Gasteiger partial charge in [-0.15, -0.1) is 11.3 Å². The third kappa shape index (κ3) is 2.10. The van der Waals surface area contributed by atoms with Gasteiger partial charge in [0, 0.05) is 47.8 Å². The molecule has 3 heterocycles. The second-order valence-corrected chi connectivity index (χ2v) is 5.93. The van der Waals surface area contributed by atoms with Gasteiger partial charge in [0.25, 0.3) is 0 Å². The monoisotopic (exact) mass is 296 g/mol. The Morgan fingerprint density at radius 1 is 1.24 bits per heavy atom. The summed E-state index contributed by atoms with van der Waals surface area (Å²) in [5.41, 5.74) is 2.43. The summed E-state index contributed by atoms with van der Waals surface area (Å²) in [6, 6.07) is 8.74. The smallest absolute Gasteiger partial charge is 0.193 e. The maximum absolute atomic E-state index is 4.38. The Hall–Kier alpha value is -2.27. The van der Waals surface area contributed by atoms with Crippen LogP contribution in [0.5, 0.6) is 0 Å². The molecule has 0 atom stereocenters. The van der Waals surface area contributed by atoms with Crippen molar-refractivity contribution >= 4 is 27.9 Å². The fraction of sp³-hybridized carbons (Fsp3) is 0.188. The lowest BCUT2D eigenvalue weighted by Gasteiger charge is -2.20. The lowest BCUT2D eigenvalue weighted by molar-refractivity contribution is 0.429. The summed E-state index contributed by atoms with van der Waals surface area (Å²) in [6.07, 6.45) is 8.22. The van der Waals surface area contributed by atoms with Crippen molar-refractivity contribution in [1.29, 1.82) is 0 Å². The first kappa shape index (κ1) is 12.5. The van der Waals surface area contributed by atoms with E-state index in [0.717, 1.165) is 18.3 Å². The molecule has 21 heavy (non-hydrogen) atoms. The average molecular weight is 296 g/mol. The van der Waals surface area contributed by atoms with Crippen LogP contribution in [0.4, 0.5) is 5.69 Å². The molecule has 0 fully saturated rings. The van der Waals surface area contributed by atoms with Crippen molar-refractivity contribution in [2.75, 3.05) is 18.1 Å². The predicted molar refractivity (Wildman–Crippen MR) is 87.8 cm³/mol. The highest BCUT2D eigenvalue weighted by atomic mass is 32.1. The van der Waals surface area contributed by atoms with E-state index in [1.54, 1.807) is 11.3 Å². The van der Waals surface area contributed by atoms with E-state index in [1.807, 2.05) is 11.6 Å². The molecule has 2 aromatic heterocycles. The van der Waals surface area contributed by atoms with Gasteiger partial charge in [0.2, 0.25) is 0 Å². The van der Waals surface area contributed by atoms with Crippen LogP contribution in [-0.4, -0.2) is 27.7 Å². The second kappa shape index (κ2) is 4.93. The van der Waals surface area contributed by atoms with Crippen molar-refractivity contribution in [3.8, 4) is 5.13 Å². The molecule has 0 N–H and O–H groups in total. The number of rotatable bonds is 3. The summed E-state index contributed by atoms with van der Waals surface area (Å²) in [5.74, 6) is 0. The second-order valence-electron chi connectivity index (χ2n) is 5.06. The first-order valence-electron chi connectivity index (χ1n) is 7.05. The number of benzene rings is 1. The molecule has 0 radical (unpaired) electrons. The largest absolute Gasteiger partial charge is 0.359 e. The Morgan fingerprint density at radius 3 is 2.95 bits per heavy atom. The number of anilines is 1. The molecular formula is C16H16N4S. The highest BCUT2D eigenvalue weighted by molar-refractivity contribution is 7.12. The predicted octanol–water partition coefficient (Wildman–Crippen LogP) is 3.66. The number of aromatic nitrogens is 2. The Kier molecular flexibility index (Phi) is 2.93. The molecule has 5 heteroatoms. The summed E-state index contributed by atoms with van der Waals surface area (Å²) < 4.78 is 2.14. The number of hydrogen-bond acceptors (Lipinski definition) is 4. The number of thiazole rings is 1. The van der Waals surface area contributed by atoms with Crippen molar-refractivity contribution in [1.82, 2.24) is 14.5 Å². The Morgan fingerprint density at radius 2 is 2.19 bits per heavy atom. The minimum absolute atomic E-state index is 0.926. The molecular weight excluding hydrogens is 280 g/mol. The van der Waals surface area contributed by atoms with E-state index in [-0.39, 0.29) is 0 Å². The van der Waals surface area contributed by atoms with Gasteiger partial charge in [-0.25, -0.2) is 4.98 Å². The molecule has 0 amide bonds. The van der Waals surface area contributed by atoms with E-state index in [0.29, 0.717) is 0 Å². The van der Waals surface area contributed by atoms with E-state index >= 15 is 0 Å². The zero-order valence-electron chi connectivity index (χ0n) is 11.8. The van der Waals surface area contributed by atoms with Crippen LogP contribution >= 0.6 is 11.3 Å². The van der Waals surface area contributed by atoms with Crippen molar-refractivity contribution in [3.63, 3.8) is 0 Å². The van der Waals surface area contributed by atoms with Gasteiger partial charge in [-0.05, 0) is 31.2 Å². The third-order valence-electron chi connectivity index (χ3n) is 3.83. The van der Waals surface area contributed by atoms with Gasteiger partial charge in [0.1, 0.15) is 0 Å². The molecule has 4 rings (SSSR count). The van der Waals surface area contributed by atoms with Crippen molar-refractivity contribution in [2.45, 2.75) is 6.92 Å². The Labute approximate surface area is 127 Å². The fourth-order valence-electron chi connectivity index (χ4n) is 2.65. The minimum atomic E-state index is 0.926. The average Bonchev–Trinajstić information content (AvgIpc) is 3.25. The molecule has 0 spiro atoms. The van der Waals surface area contributed by atoms with E-state index < -0.39 is 0 Å². The van der Waals surface area contributed by atoms with Crippen molar-refractivity contribution in [3.05, 3.63) is 54.4 Å². The van der Waals surface area contributed by atoms with Gasteiger partial charge in [0.05, 0.1) is 12.2 Å². The van der Waals surface area contributed by atoms with Crippen LogP contribution in [0.1, 0.15) is 6.92 Å². The van der Waals surface area contributed by atoms with Crippen LogP contribution in [0, 0.1) is 0 Å². The van der Waals surface area contributed by atoms with Gasteiger partial charge in [-0.2, -0.15) is 0 Å². The zero-order valence-corrected chi connectivity index (χ0v) is 12.6. The lowest BCUT2D eigenvalue weighted by atomic mass is 10.2. The number of nitrogens with zero attached hydrogens (tertiary/aromatic N) is 4. The van der Waals surface area contributed by atoms with Crippen LogP contribution < -0.4 is 4.90 Å². The molecule has 0 bridgehead atoms. The van der Waals surface area contributed by atoms with Gasteiger partial charge in [-0.3, -0.25) is 4.57 Å². The molecule has 3 aromatic rings. The zero-order chi connectivity index (χ0) is 14.2.